The third kappa shape index (κ3) is 3.29. The predicted molar refractivity (Wildman–Crippen MR) is 79.6 cm³/mol. The lowest BCUT2D eigenvalue weighted by atomic mass is 10.0. The smallest absolute Gasteiger partial charge is 0.430 e. The molecule has 24 heavy (non-hydrogen) atoms. The maximum atomic E-state index is 13.0. The molecule has 0 saturated heterocycles. The van der Waals surface area contributed by atoms with Gasteiger partial charge in [0.2, 0.25) is 6.10 Å². The number of alkyl halides is 3. The highest BCUT2D eigenvalue weighted by Crippen LogP contribution is 2.38. The molecule has 1 atom stereocenters. The van der Waals surface area contributed by atoms with Gasteiger partial charge in [0.05, 0.1) is 5.57 Å². The molecular weight excluding hydrogens is 325 g/mol. The number of benzene rings is 1. The molecule has 7 heteroatoms. The Morgan fingerprint density at radius 3 is 2.71 bits per heavy atom. The van der Waals surface area contributed by atoms with Gasteiger partial charge in [-0.25, -0.2) is 4.79 Å². The fourth-order valence-electron chi connectivity index (χ4n) is 2.46. The van der Waals surface area contributed by atoms with Crippen molar-refractivity contribution >= 4 is 12.0 Å². The molecule has 4 nitrogen and oxygen atoms in total. The van der Waals surface area contributed by atoms with E-state index in [1.165, 1.54) is 18.2 Å². The van der Waals surface area contributed by atoms with Gasteiger partial charge in [-0.15, -0.1) is 0 Å². The van der Waals surface area contributed by atoms with E-state index >= 15 is 0 Å². The Labute approximate surface area is 135 Å². The zero-order chi connectivity index (χ0) is 17.3. The van der Waals surface area contributed by atoms with Gasteiger partial charge in [0.25, 0.3) is 0 Å². The zero-order valence-corrected chi connectivity index (χ0v) is 12.3. The number of halogens is 3. The molecule has 1 unspecified atom stereocenters. The van der Waals surface area contributed by atoms with E-state index in [2.05, 4.69) is 0 Å². The zero-order valence-electron chi connectivity index (χ0n) is 12.3. The molecule has 1 aliphatic carbocycles. The van der Waals surface area contributed by atoms with Crippen molar-refractivity contribution < 1.29 is 32.5 Å². The highest BCUT2D eigenvalue weighted by molar-refractivity contribution is 5.95. The first-order valence-corrected chi connectivity index (χ1v) is 7.21. The average Bonchev–Trinajstić information content (AvgIpc) is 2.53. The van der Waals surface area contributed by atoms with Crippen molar-refractivity contribution in [3.63, 3.8) is 0 Å². The molecule has 0 amide bonds. The lowest BCUT2D eigenvalue weighted by Crippen LogP contribution is -2.40. The summed E-state index contributed by atoms with van der Waals surface area (Å²) in [4.78, 5) is 11.1. The van der Waals surface area contributed by atoms with Crippen LogP contribution in [0.25, 0.3) is 6.08 Å². The van der Waals surface area contributed by atoms with Gasteiger partial charge in [-0.05, 0) is 49.3 Å². The van der Waals surface area contributed by atoms with Gasteiger partial charge in [0.15, 0.2) is 0 Å². The fraction of sp³-hybridized carbons (Fsp3) is 0.235. The second kappa shape index (κ2) is 6.07. The fourth-order valence-corrected chi connectivity index (χ4v) is 2.46. The van der Waals surface area contributed by atoms with Gasteiger partial charge < -0.3 is 14.6 Å². The largest absolute Gasteiger partial charge is 0.478 e. The van der Waals surface area contributed by atoms with E-state index in [-0.39, 0.29) is 11.3 Å². The maximum Gasteiger partial charge on any atom is 0.430 e. The molecule has 1 aliphatic heterocycles. The highest BCUT2D eigenvalue weighted by atomic mass is 19.4. The number of ether oxygens (including phenoxy) is 2. The molecule has 3 rings (SSSR count). The highest BCUT2D eigenvalue weighted by Gasteiger charge is 2.48. The van der Waals surface area contributed by atoms with E-state index < -0.39 is 23.8 Å². The quantitative estimate of drug-likeness (QED) is 0.902. The Balaban J connectivity index is 1.92. The van der Waals surface area contributed by atoms with E-state index in [4.69, 9.17) is 14.6 Å². The Morgan fingerprint density at radius 2 is 2.08 bits per heavy atom. The summed E-state index contributed by atoms with van der Waals surface area (Å²) in [6.07, 6.45) is 1.09. The van der Waals surface area contributed by atoms with E-state index in [9.17, 15) is 18.0 Å². The van der Waals surface area contributed by atoms with Gasteiger partial charge in [-0.2, -0.15) is 13.2 Å². The van der Waals surface area contributed by atoms with E-state index in [1.807, 2.05) is 12.2 Å². The monoisotopic (exact) mass is 338 g/mol. The Bertz CT molecular complexity index is 760. The first kappa shape index (κ1) is 16.2. The second-order valence-electron chi connectivity index (χ2n) is 5.33. The van der Waals surface area contributed by atoms with Crippen molar-refractivity contribution in [1.82, 2.24) is 0 Å². The third-order valence-electron chi connectivity index (χ3n) is 3.56. The van der Waals surface area contributed by atoms with Crippen LogP contribution in [0.1, 0.15) is 18.4 Å². The van der Waals surface area contributed by atoms with Crippen molar-refractivity contribution in [3.8, 4) is 11.5 Å². The Hall–Kier alpha value is -2.70. The number of hydrogen-bond acceptors (Lipinski definition) is 3. The third-order valence-corrected chi connectivity index (χ3v) is 3.56. The number of carboxylic acids is 1. The molecule has 1 heterocycles. The van der Waals surface area contributed by atoms with Crippen LogP contribution >= 0.6 is 0 Å². The second-order valence-corrected chi connectivity index (χ2v) is 5.33. The van der Waals surface area contributed by atoms with E-state index in [1.54, 1.807) is 6.08 Å². The molecule has 0 radical (unpaired) electrons. The molecule has 0 aromatic heterocycles. The van der Waals surface area contributed by atoms with Gasteiger partial charge in [0, 0.05) is 5.56 Å². The van der Waals surface area contributed by atoms with Gasteiger partial charge in [0.1, 0.15) is 17.3 Å². The van der Waals surface area contributed by atoms with Crippen LogP contribution in [-0.2, 0) is 4.79 Å². The number of hydrogen-bond donors (Lipinski definition) is 1. The van der Waals surface area contributed by atoms with Crippen molar-refractivity contribution in [2.24, 2.45) is 0 Å². The molecule has 1 aromatic carbocycles. The van der Waals surface area contributed by atoms with Crippen LogP contribution < -0.4 is 9.47 Å². The summed E-state index contributed by atoms with van der Waals surface area (Å²) in [5.41, 5.74) is -0.630. The molecular formula is C17H13F3O4. The summed E-state index contributed by atoms with van der Waals surface area (Å²) in [7, 11) is 0. The van der Waals surface area contributed by atoms with Crippen LogP contribution in [0.2, 0.25) is 0 Å². The minimum atomic E-state index is -4.81. The minimum Gasteiger partial charge on any atom is -0.478 e. The SMILES string of the molecule is O=C(O)C1=Cc2cc(OC3=CCCC=C3)ccc2OC1C(F)(F)F. The topological polar surface area (TPSA) is 55.8 Å². The van der Waals surface area contributed by atoms with Crippen LogP contribution in [0.4, 0.5) is 13.2 Å². The van der Waals surface area contributed by atoms with Crippen LogP contribution in [0.15, 0.2) is 47.8 Å². The van der Waals surface area contributed by atoms with E-state index in [0.717, 1.165) is 18.9 Å². The standard InChI is InChI=1S/C17H13F3O4/c18-17(19,20)15-13(16(21)22)9-10-8-12(6-7-14(10)24-15)23-11-4-2-1-3-5-11/h2,4-9,15H,1,3H2,(H,21,22). The molecule has 126 valence electrons. The predicted octanol–water partition coefficient (Wildman–Crippen LogP) is 4.09. The first-order valence-electron chi connectivity index (χ1n) is 7.21. The number of allylic oxidation sites excluding steroid dienone is 3. The number of carboxylic acid groups (broad SMARTS) is 1. The summed E-state index contributed by atoms with van der Waals surface area (Å²) in [5, 5.41) is 9.03. The molecule has 0 bridgehead atoms. The van der Waals surface area contributed by atoms with Crippen molar-refractivity contribution in [2.45, 2.75) is 25.1 Å². The van der Waals surface area contributed by atoms with Crippen LogP contribution in [-0.4, -0.2) is 23.4 Å². The maximum absolute atomic E-state index is 13.0. The van der Waals surface area contributed by atoms with Gasteiger partial charge in [-0.1, -0.05) is 6.08 Å². The van der Waals surface area contributed by atoms with Crippen molar-refractivity contribution in [3.05, 3.63) is 53.3 Å². The van der Waals surface area contributed by atoms with Crippen molar-refractivity contribution in [2.75, 3.05) is 0 Å². The molecule has 0 fully saturated rings. The molecule has 1 aromatic rings. The molecule has 2 aliphatic rings. The van der Waals surface area contributed by atoms with E-state index in [0.29, 0.717) is 11.5 Å². The number of aliphatic carboxylic acids is 1. The van der Waals surface area contributed by atoms with Crippen LogP contribution in [0.5, 0.6) is 11.5 Å². The summed E-state index contributed by atoms with van der Waals surface area (Å²) in [6.45, 7) is 0. The normalized spacial score (nSPS) is 19.7. The molecule has 0 saturated carbocycles. The minimum absolute atomic E-state index is 0.0390. The van der Waals surface area contributed by atoms with Gasteiger partial charge in [-0.3, -0.25) is 0 Å². The lowest BCUT2D eigenvalue weighted by Gasteiger charge is -2.27. The summed E-state index contributed by atoms with van der Waals surface area (Å²) >= 11 is 0. The van der Waals surface area contributed by atoms with Gasteiger partial charge >= 0.3 is 12.1 Å². The number of rotatable bonds is 3. The van der Waals surface area contributed by atoms with Crippen LogP contribution in [0, 0.1) is 0 Å². The molecule has 0 spiro atoms. The first-order chi connectivity index (χ1) is 11.3. The summed E-state index contributed by atoms with van der Waals surface area (Å²) in [6, 6.07) is 4.27. The van der Waals surface area contributed by atoms with Crippen molar-refractivity contribution in [1.29, 1.82) is 0 Å². The average molecular weight is 338 g/mol. The summed E-state index contributed by atoms with van der Waals surface area (Å²) in [5.74, 6) is -0.690. The Morgan fingerprint density at radius 1 is 1.29 bits per heavy atom. The van der Waals surface area contributed by atoms with Crippen LogP contribution in [0.3, 0.4) is 0 Å². The molecule has 1 N–H and O–H groups in total. The lowest BCUT2D eigenvalue weighted by molar-refractivity contribution is -0.187. The Kier molecular flexibility index (Phi) is 4.09. The summed E-state index contributed by atoms with van der Waals surface area (Å²) < 4.78 is 49.4. The number of fused-ring (bicyclic) bond motifs is 1. The number of carbonyl (C=O) groups is 1.